The molecule has 1 aromatic carbocycles. The molecule has 0 spiro atoms. The lowest BCUT2D eigenvalue weighted by Gasteiger charge is -2.09. The van der Waals surface area contributed by atoms with Gasteiger partial charge in [-0.1, -0.05) is 47.1 Å². The van der Waals surface area contributed by atoms with E-state index in [0.717, 1.165) is 22.1 Å². The topological polar surface area (TPSA) is 43.6 Å². The molecular weight excluding hydrogens is 363 g/mol. The summed E-state index contributed by atoms with van der Waals surface area (Å²) in [6.45, 7) is 4.43. The Morgan fingerprint density at radius 1 is 1.08 bits per heavy atom. The normalized spacial score (nSPS) is 10.8. The number of halogens is 2. The van der Waals surface area contributed by atoms with E-state index in [1.807, 2.05) is 41.0 Å². The van der Waals surface area contributed by atoms with Crippen molar-refractivity contribution >= 4 is 35.0 Å². The second-order valence-corrected chi connectivity index (χ2v) is 6.69. The predicted octanol–water partition coefficient (Wildman–Crippen LogP) is 5.13. The van der Waals surface area contributed by atoms with Crippen molar-refractivity contribution < 1.29 is 0 Å². The Balaban J connectivity index is 1.89. The summed E-state index contributed by atoms with van der Waals surface area (Å²) in [5.41, 5.74) is 1.85. The summed E-state index contributed by atoms with van der Waals surface area (Å²) in [4.78, 5) is 4.04. The van der Waals surface area contributed by atoms with Crippen LogP contribution in [0.25, 0.3) is 11.4 Å². The van der Waals surface area contributed by atoms with Gasteiger partial charge in [0.2, 0.25) is 0 Å². The van der Waals surface area contributed by atoms with Crippen LogP contribution in [0.15, 0.2) is 60.5 Å². The second kappa shape index (κ2) is 7.83. The number of nitrogens with zero attached hydrogens (tertiary/aromatic N) is 4. The molecule has 0 aliphatic heterocycles. The summed E-state index contributed by atoms with van der Waals surface area (Å²) in [6, 6.07) is 9.31. The fourth-order valence-electron chi connectivity index (χ4n) is 2.21. The Labute approximate surface area is 154 Å². The molecule has 0 fully saturated rings. The van der Waals surface area contributed by atoms with Gasteiger partial charge < -0.3 is 0 Å². The zero-order valence-corrected chi connectivity index (χ0v) is 15.0. The molecule has 0 aliphatic rings. The van der Waals surface area contributed by atoms with Gasteiger partial charge in [-0.15, -0.1) is 16.8 Å². The molecule has 3 aromatic rings. The van der Waals surface area contributed by atoms with Crippen LogP contribution >= 0.6 is 35.0 Å². The van der Waals surface area contributed by atoms with Gasteiger partial charge in [-0.2, -0.15) is 0 Å². The molecule has 0 amide bonds. The number of aromatic nitrogens is 4. The van der Waals surface area contributed by atoms with Crippen LogP contribution in [-0.2, 0) is 12.3 Å². The van der Waals surface area contributed by atoms with Crippen LogP contribution in [0.3, 0.4) is 0 Å². The molecule has 122 valence electrons. The number of allylic oxidation sites excluding steroid dienone is 1. The molecule has 2 aromatic heterocycles. The highest BCUT2D eigenvalue weighted by Crippen LogP contribution is 2.32. The minimum absolute atomic E-state index is 0.614. The molecule has 4 nitrogen and oxygen atoms in total. The van der Waals surface area contributed by atoms with Gasteiger partial charge in [0, 0.05) is 40.3 Å². The highest BCUT2D eigenvalue weighted by molar-refractivity contribution is 7.98. The van der Waals surface area contributed by atoms with Gasteiger partial charge in [0.25, 0.3) is 0 Å². The first kappa shape index (κ1) is 17.0. The molecular formula is C17H14Cl2N4S. The van der Waals surface area contributed by atoms with Gasteiger partial charge in [0.15, 0.2) is 11.0 Å². The lowest BCUT2D eigenvalue weighted by Crippen LogP contribution is -2.01. The zero-order chi connectivity index (χ0) is 16.9. The third-order valence-corrected chi connectivity index (χ3v) is 5.08. The van der Waals surface area contributed by atoms with E-state index in [1.165, 1.54) is 0 Å². The smallest absolute Gasteiger partial charge is 0.192 e. The van der Waals surface area contributed by atoms with Crippen molar-refractivity contribution in [1.82, 2.24) is 19.7 Å². The number of pyridine rings is 1. The third-order valence-electron chi connectivity index (χ3n) is 3.37. The first-order chi connectivity index (χ1) is 11.7. The lowest BCUT2D eigenvalue weighted by molar-refractivity contribution is 0.731. The van der Waals surface area contributed by atoms with E-state index in [1.54, 1.807) is 24.2 Å². The number of benzene rings is 1. The molecule has 0 saturated heterocycles. The van der Waals surface area contributed by atoms with Crippen LogP contribution in [0.1, 0.15) is 5.56 Å². The van der Waals surface area contributed by atoms with Crippen molar-refractivity contribution in [2.75, 3.05) is 0 Å². The maximum atomic E-state index is 6.23. The number of rotatable bonds is 6. The van der Waals surface area contributed by atoms with Crippen LogP contribution in [0.5, 0.6) is 0 Å². The Bertz CT molecular complexity index is 829. The Hall–Kier alpha value is -1.82. The lowest BCUT2D eigenvalue weighted by atomic mass is 10.2. The highest BCUT2D eigenvalue weighted by atomic mass is 35.5. The van der Waals surface area contributed by atoms with Crippen molar-refractivity contribution in [1.29, 1.82) is 0 Å². The van der Waals surface area contributed by atoms with E-state index in [9.17, 15) is 0 Å². The summed E-state index contributed by atoms with van der Waals surface area (Å²) < 4.78 is 2.01. The molecule has 7 heteroatoms. The van der Waals surface area contributed by atoms with E-state index in [2.05, 4.69) is 21.8 Å². The van der Waals surface area contributed by atoms with Crippen LogP contribution < -0.4 is 0 Å². The number of hydrogen-bond donors (Lipinski definition) is 0. The highest BCUT2D eigenvalue weighted by Gasteiger charge is 2.15. The molecule has 0 N–H and O–H groups in total. The summed E-state index contributed by atoms with van der Waals surface area (Å²) in [6.07, 6.45) is 5.29. The number of thioether (sulfide) groups is 1. The molecule has 0 saturated carbocycles. The monoisotopic (exact) mass is 376 g/mol. The molecule has 24 heavy (non-hydrogen) atoms. The predicted molar refractivity (Wildman–Crippen MR) is 99.5 cm³/mol. The average Bonchev–Trinajstić information content (AvgIpc) is 2.98. The largest absolute Gasteiger partial charge is 0.298 e. The van der Waals surface area contributed by atoms with Crippen LogP contribution in [0.4, 0.5) is 0 Å². The Morgan fingerprint density at radius 2 is 1.79 bits per heavy atom. The molecule has 2 heterocycles. The van der Waals surface area contributed by atoms with E-state index < -0.39 is 0 Å². The Kier molecular flexibility index (Phi) is 5.56. The van der Waals surface area contributed by atoms with E-state index in [-0.39, 0.29) is 0 Å². The fourth-order valence-corrected chi connectivity index (χ4v) is 3.90. The first-order valence-electron chi connectivity index (χ1n) is 7.21. The van der Waals surface area contributed by atoms with Crippen molar-refractivity contribution in [2.45, 2.75) is 17.5 Å². The van der Waals surface area contributed by atoms with Crippen molar-refractivity contribution in [3.8, 4) is 11.4 Å². The summed E-state index contributed by atoms with van der Waals surface area (Å²) in [5.74, 6) is 1.40. The zero-order valence-electron chi connectivity index (χ0n) is 12.7. The molecule has 0 aliphatic carbocycles. The van der Waals surface area contributed by atoms with Gasteiger partial charge in [0.05, 0.1) is 0 Å². The molecule has 0 radical (unpaired) electrons. The summed E-state index contributed by atoms with van der Waals surface area (Å²) in [5, 5.41) is 10.7. The van der Waals surface area contributed by atoms with Crippen molar-refractivity contribution in [3.05, 3.63) is 71.0 Å². The third kappa shape index (κ3) is 3.64. The van der Waals surface area contributed by atoms with Gasteiger partial charge in [-0.05, 0) is 29.8 Å². The molecule has 0 bridgehead atoms. The molecule has 0 unspecified atom stereocenters. The maximum absolute atomic E-state index is 6.23. The van der Waals surface area contributed by atoms with E-state index >= 15 is 0 Å². The van der Waals surface area contributed by atoms with E-state index in [0.29, 0.717) is 22.3 Å². The van der Waals surface area contributed by atoms with Gasteiger partial charge in [-0.3, -0.25) is 9.55 Å². The first-order valence-corrected chi connectivity index (χ1v) is 8.95. The molecule has 0 atom stereocenters. The van der Waals surface area contributed by atoms with Gasteiger partial charge in [-0.25, -0.2) is 0 Å². The maximum Gasteiger partial charge on any atom is 0.192 e. The van der Waals surface area contributed by atoms with Crippen molar-refractivity contribution in [3.63, 3.8) is 0 Å². The summed E-state index contributed by atoms with van der Waals surface area (Å²) >= 11 is 14.0. The quantitative estimate of drug-likeness (QED) is 0.442. The average molecular weight is 377 g/mol. The summed E-state index contributed by atoms with van der Waals surface area (Å²) in [7, 11) is 0. The fraction of sp³-hybridized carbons (Fsp3) is 0.118. The van der Waals surface area contributed by atoms with Crippen LogP contribution in [0, 0.1) is 0 Å². The standard InChI is InChI=1S/C17H14Cl2N4S/c1-2-10-23-16(12-6-8-20-9-7-12)21-22-17(23)24-11-13-14(18)4-3-5-15(13)19/h2-9H,1,10-11H2. The SMILES string of the molecule is C=CCn1c(SCc2c(Cl)cccc2Cl)nnc1-c1ccncc1. The Morgan fingerprint density at radius 3 is 2.46 bits per heavy atom. The second-order valence-electron chi connectivity index (χ2n) is 4.93. The van der Waals surface area contributed by atoms with Crippen molar-refractivity contribution in [2.24, 2.45) is 0 Å². The van der Waals surface area contributed by atoms with Gasteiger partial charge in [0.1, 0.15) is 0 Å². The minimum Gasteiger partial charge on any atom is -0.298 e. The molecule has 3 rings (SSSR count). The number of hydrogen-bond acceptors (Lipinski definition) is 4. The van der Waals surface area contributed by atoms with Crippen LogP contribution in [-0.4, -0.2) is 19.7 Å². The van der Waals surface area contributed by atoms with Crippen LogP contribution in [0.2, 0.25) is 10.0 Å². The van der Waals surface area contributed by atoms with Gasteiger partial charge >= 0.3 is 0 Å². The minimum atomic E-state index is 0.614. The van der Waals surface area contributed by atoms with E-state index in [4.69, 9.17) is 23.2 Å².